The van der Waals surface area contributed by atoms with Gasteiger partial charge in [-0.1, -0.05) is 34.4 Å². The molecule has 3 aromatic rings. The summed E-state index contributed by atoms with van der Waals surface area (Å²) in [5.41, 5.74) is 2.01. The summed E-state index contributed by atoms with van der Waals surface area (Å²) >= 11 is 12.6. The summed E-state index contributed by atoms with van der Waals surface area (Å²) in [7, 11) is 0. The Hall–Kier alpha value is -3.07. The van der Waals surface area contributed by atoms with Crippen LogP contribution in [0, 0.1) is 0 Å². The third kappa shape index (κ3) is 6.95. The quantitative estimate of drug-likeness (QED) is 0.331. The SMILES string of the molecule is CC(C)Oc1ccc(-c2cc(C(=O)Nc3ccc(CNCCC(=O)O)cc3Cl)no2)cc1Cl. The molecule has 10 heteroatoms. The summed E-state index contributed by atoms with van der Waals surface area (Å²) in [6.07, 6.45) is 0.0203. The van der Waals surface area contributed by atoms with Crippen molar-refractivity contribution in [2.75, 3.05) is 11.9 Å². The van der Waals surface area contributed by atoms with E-state index >= 15 is 0 Å². The second kappa shape index (κ2) is 11.2. The van der Waals surface area contributed by atoms with Crippen LogP contribution in [-0.4, -0.2) is 34.8 Å². The smallest absolute Gasteiger partial charge is 0.304 e. The van der Waals surface area contributed by atoms with Gasteiger partial charge in [-0.2, -0.15) is 0 Å². The lowest BCUT2D eigenvalue weighted by atomic mass is 10.1. The van der Waals surface area contributed by atoms with Crippen molar-refractivity contribution in [3.8, 4) is 17.1 Å². The van der Waals surface area contributed by atoms with Crippen LogP contribution in [0.15, 0.2) is 47.0 Å². The van der Waals surface area contributed by atoms with E-state index < -0.39 is 11.9 Å². The average Bonchev–Trinajstić information content (AvgIpc) is 3.24. The van der Waals surface area contributed by atoms with Crippen molar-refractivity contribution >= 4 is 40.8 Å². The lowest BCUT2D eigenvalue weighted by Crippen LogP contribution is -2.17. The minimum atomic E-state index is -0.866. The molecular formula is C23H23Cl2N3O5. The molecule has 0 aliphatic rings. The molecule has 1 aromatic heterocycles. The molecule has 2 aromatic carbocycles. The molecule has 33 heavy (non-hydrogen) atoms. The first-order valence-corrected chi connectivity index (χ1v) is 10.9. The highest BCUT2D eigenvalue weighted by molar-refractivity contribution is 6.34. The van der Waals surface area contributed by atoms with E-state index in [1.807, 2.05) is 13.8 Å². The van der Waals surface area contributed by atoms with Gasteiger partial charge in [-0.15, -0.1) is 0 Å². The molecule has 0 saturated carbocycles. The fourth-order valence-corrected chi connectivity index (χ4v) is 3.38. The molecule has 1 amide bonds. The number of anilines is 1. The Labute approximate surface area is 200 Å². The van der Waals surface area contributed by atoms with Crippen LogP contribution in [-0.2, 0) is 11.3 Å². The van der Waals surface area contributed by atoms with Crippen molar-refractivity contribution < 1.29 is 24.0 Å². The van der Waals surface area contributed by atoms with E-state index in [9.17, 15) is 9.59 Å². The van der Waals surface area contributed by atoms with Crippen LogP contribution in [0.1, 0.15) is 36.3 Å². The standard InChI is InChI=1S/C23H23Cl2N3O5/c1-13(2)32-20-6-4-15(10-17(20)25)21-11-19(28-33-21)23(31)27-18-5-3-14(9-16(18)24)12-26-8-7-22(29)30/h3-6,9-11,13,26H,7-8,12H2,1-2H3,(H,27,31)(H,29,30). The van der Waals surface area contributed by atoms with Crippen molar-refractivity contribution in [2.24, 2.45) is 0 Å². The highest BCUT2D eigenvalue weighted by Crippen LogP contribution is 2.31. The number of amides is 1. The topological polar surface area (TPSA) is 114 Å². The Morgan fingerprint density at radius 1 is 1.12 bits per heavy atom. The second-order valence-corrected chi connectivity index (χ2v) is 8.29. The number of hydrogen-bond acceptors (Lipinski definition) is 6. The summed E-state index contributed by atoms with van der Waals surface area (Å²) in [6.45, 7) is 4.62. The van der Waals surface area contributed by atoms with Crippen molar-refractivity contribution in [3.05, 3.63) is 63.8 Å². The van der Waals surface area contributed by atoms with Crippen molar-refractivity contribution in [2.45, 2.75) is 32.9 Å². The summed E-state index contributed by atoms with van der Waals surface area (Å²) in [5, 5.41) is 19.0. The Kier molecular flexibility index (Phi) is 8.32. The molecule has 174 valence electrons. The Morgan fingerprint density at radius 3 is 2.58 bits per heavy atom. The number of carboxylic acids is 1. The second-order valence-electron chi connectivity index (χ2n) is 7.48. The molecule has 0 aliphatic heterocycles. The van der Waals surface area contributed by atoms with Crippen LogP contribution >= 0.6 is 23.2 Å². The van der Waals surface area contributed by atoms with Gasteiger partial charge < -0.3 is 25.0 Å². The minimum Gasteiger partial charge on any atom is -0.489 e. The maximum Gasteiger partial charge on any atom is 0.304 e. The molecule has 0 radical (unpaired) electrons. The van der Waals surface area contributed by atoms with Gasteiger partial charge in [-0.05, 0) is 49.7 Å². The number of halogens is 2. The van der Waals surface area contributed by atoms with E-state index in [0.29, 0.717) is 45.9 Å². The molecule has 0 bridgehead atoms. The number of ether oxygens (including phenoxy) is 1. The number of aliphatic carboxylic acids is 1. The van der Waals surface area contributed by atoms with Crippen molar-refractivity contribution in [3.63, 3.8) is 0 Å². The first kappa shape index (κ1) is 24.6. The molecule has 0 spiro atoms. The van der Waals surface area contributed by atoms with Gasteiger partial charge in [0.1, 0.15) is 5.75 Å². The fourth-order valence-electron chi connectivity index (χ4n) is 2.91. The largest absolute Gasteiger partial charge is 0.489 e. The highest BCUT2D eigenvalue weighted by atomic mass is 35.5. The summed E-state index contributed by atoms with van der Waals surface area (Å²) in [6, 6.07) is 11.8. The van der Waals surface area contributed by atoms with Crippen LogP contribution < -0.4 is 15.4 Å². The highest BCUT2D eigenvalue weighted by Gasteiger charge is 2.16. The van der Waals surface area contributed by atoms with Gasteiger partial charge in [0.25, 0.3) is 5.91 Å². The van der Waals surface area contributed by atoms with Crippen LogP contribution in [0.4, 0.5) is 5.69 Å². The van der Waals surface area contributed by atoms with Gasteiger partial charge in [0.15, 0.2) is 11.5 Å². The number of nitrogens with zero attached hydrogens (tertiary/aromatic N) is 1. The number of rotatable bonds is 10. The van der Waals surface area contributed by atoms with E-state index in [4.69, 9.17) is 37.6 Å². The summed E-state index contributed by atoms with van der Waals surface area (Å²) in [5.74, 6) is -0.407. The van der Waals surface area contributed by atoms with E-state index in [-0.39, 0.29) is 18.2 Å². The lowest BCUT2D eigenvalue weighted by molar-refractivity contribution is -0.136. The number of nitrogens with one attached hydrogen (secondary N) is 2. The lowest BCUT2D eigenvalue weighted by Gasteiger charge is -2.11. The van der Waals surface area contributed by atoms with E-state index in [0.717, 1.165) is 5.56 Å². The minimum absolute atomic E-state index is 0.0111. The number of carbonyl (C=O) groups is 2. The van der Waals surface area contributed by atoms with Gasteiger partial charge in [0.2, 0.25) is 0 Å². The Bertz CT molecular complexity index is 1150. The van der Waals surface area contributed by atoms with Gasteiger partial charge in [-0.25, -0.2) is 0 Å². The molecular weight excluding hydrogens is 469 g/mol. The normalized spacial score (nSPS) is 10.9. The summed E-state index contributed by atoms with van der Waals surface area (Å²) < 4.78 is 10.9. The Balaban J connectivity index is 1.64. The maximum absolute atomic E-state index is 12.6. The number of hydrogen-bond donors (Lipinski definition) is 3. The van der Waals surface area contributed by atoms with Gasteiger partial charge in [0, 0.05) is 24.7 Å². The molecule has 8 nitrogen and oxygen atoms in total. The van der Waals surface area contributed by atoms with Crippen LogP contribution in [0.5, 0.6) is 5.75 Å². The molecule has 0 aliphatic carbocycles. The van der Waals surface area contributed by atoms with E-state index in [2.05, 4.69) is 15.8 Å². The fraction of sp³-hybridized carbons (Fsp3) is 0.261. The number of benzene rings is 2. The molecule has 0 atom stereocenters. The van der Waals surface area contributed by atoms with Crippen LogP contribution in [0.25, 0.3) is 11.3 Å². The molecule has 0 fully saturated rings. The first-order valence-electron chi connectivity index (χ1n) is 10.2. The van der Waals surface area contributed by atoms with Crippen LogP contribution in [0.2, 0.25) is 10.0 Å². The van der Waals surface area contributed by atoms with E-state index in [1.54, 1.807) is 36.4 Å². The predicted molar refractivity (Wildman–Crippen MR) is 126 cm³/mol. The predicted octanol–water partition coefficient (Wildman–Crippen LogP) is 5.25. The average molecular weight is 492 g/mol. The van der Waals surface area contributed by atoms with Gasteiger partial charge in [0.05, 0.1) is 28.3 Å². The molecule has 3 rings (SSSR count). The number of carboxylic acid groups (broad SMARTS) is 1. The maximum atomic E-state index is 12.6. The Morgan fingerprint density at radius 2 is 1.91 bits per heavy atom. The van der Waals surface area contributed by atoms with E-state index in [1.165, 1.54) is 6.07 Å². The zero-order valence-electron chi connectivity index (χ0n) is 18.0. The van der Waals surface area contributed by atoms with Crippen molar-refractivity contribution in [1.82, 2.24) is 10.5 Å². The molecule has 0 saturated heterocycles. The van der Waals surface area contributed by atoms with Gasteiger partial charge >= 0.3 is 5.97 Å². The zero-order chi connectivity index (χ0) is 24.0. The van der Waals surface area contributed by atoms with Crippen LogP contribution in [0.3, 0.4) is 0 Å². The zero-order valence-corrected chi connectivity index (χ0v) is 19.5. The molecule has 1 heterocycles. The van der Waals surface area contributed by atoms with Gasteiger partial charge in [-0.3, -0.25) is 9.59 Å². The third-order valence-corrected chi connectivity index (χ3v) is 5.06. The first-order chi connectivity index (χ1) is 15.7. The summed E-state index contributed by atoms with van der Waals surface area (Å²) in [4.78, 5) is 23.2. The third-order valence-electron chi connectivity index (χ3n) is 4.45. The number of carbonyl (C=O) groups excluding carboxylic acids is 1. The molecule has 3 N–H and O–H groups in total. The van der Waals surface area contributed by atoms with Crippen molar-refractivity contribution in [1.29, 1.82) is 0 Å². The molecule has 0 unspecified atom stereocenters. The number of aromatic nitrogens is 1. The monoisotopic (exact) mass is 491 g/mol.